The second kappa shape index (κ2) is 6.22. The summed E-state index contributed by atoms with van der Waals surface area (Å²) in [6.07, 6.45) is 4.79. The summed E-state index contributed by atoms with van der Waals surface area (Å²) in [4.78, 5) is 13.6. The Hall–Kier alpha value is -0.660. The van der Waals surface area contributed by atoms with Gasteiger partial charge in [0.2, 0.25) is 10.0 Å². The van der Waals surface area contributed by atoms with Gasteiger partial charge in [0, 0.05) is 26.2 Å². The maximum atomic E-state index is 11.7. The molecule has 21 heavy (non-hydrogen) atoms. The Morgan fingerprint density at radius 2 is 2.05 bits per heavy atom. The number of nitrogens with zero attached hydrogens (tertiary/aromatic N) is 2. The largest absolute Gasteiger partial charge is 0.481 e. The maximum Gasteiger partial charge on any atom is 0.310 e. The zero-order valence-corrected chi connectivity index (χ0v) is 13.7. The number of hydrogen-bond donors (Lipinski definition) is 1. The van der Waals surface area contributed by atoms with Gasteiger partial charge in [-0.05, 0) is 45.1 Å². The lowest BCUT2D eigenvalue weighted by Gasteiger charge is -2.40. The van der Waals surface area contributed by atoms with Crippen LogP contribution in [0.3, 0.4) is 0 Å². The van der Waals surface area contributed by atoms with E-state index in [1.165, 1.54) is 6.26 Å². The van der Waals surface area contributed by atoms with Gasteiger partial charge in [0.05, 0.1) is 11.7 Å². The van der Waals surface area contributed by atoms with Gasteiger partial charge in [0.1, 0.15) is 0 Å². The fourth-order valence-electron chi connectivity index (χ4n) is 3.52. The first-order valence-electron chi connectivity index (χ1n) is 7.61. The Labute approximate surface area is 127 Å². The molecule has 0 aromatic heterocycles. The number of aliphatic carboxylic acids is 1. The minimum absolute atomic E-state index is 0.310. The molecule has 7 heteroatoms. The predicted octanol–water partition coefficient (Wildman–Crippen LogP) is 0.845. The molecule has 2 fully saturated rings. The Kier molecular flexibility index (Phi) is 4.95. The summed E-state index contributed by atoms with van der Waals surface area (Å²) in [6, 6.07) is 0. The Morgan fingerprint density at radius 3 is 2.67 bits per heavy atom. The Morgan fingerprint density at radius 1 is 1.33 bits per heavy atom. The van der Waals surface area contributed by atoms with Crippen molar-refractivity contribution in [1.82, 2.24) is 9.21 Å². The molecule has 1 N–H and O–H groups in total. The molecule has 0 bridgehead atoms. The number of carboxylic acid groups (broad SMARTS) is 1. The molecule has 122 valence electrons. The molecule has 6 nitrogen and oxygen atoms in total. The van der Waals surface area contributed by atoms with Crippen molar-refractivity contribution in [2.45, 2.75) is 32.6 Å². The SMILES string of the molecule is CC1(C(=O)O)CCCN(CC2CCCN(S(C)(=O)=O)C2)C1. The Bertz CT molecular complexity index is 493. The Balaban J connectivity index is 1.94. The highest BCUT2D eigenvalue weighted by atomic mass is 32.2. The molecule has 2 unspecified atom stereocenters. The zero-order chi connectivity index (χ0) is 15.7. The summed E-state index contributed by atoms with van der Waals surface area (Å²) < 4.78 is 24.9. The van der Waals surface area contributed by atoms with E-state index in [9.17, 15) is 18.3 Å². The highest BCUT2D eigenvalue weighted by Gasteiger charge is 2.38. The van der Waals surface area contributed by atoms with Gasteiger partial charge < -0.3 is 10.0 Å². The summed E-state index contributed by atoms with van der Waals surface area (Å²) in [5.74, 6) is -0.418. The van der Waals surface area contributed by atoms with Crippen molar-refractivity contribution in [3.63, 3.8) is 0 Å². The number of carboxylic acids is 1. The van der Waals surface area contributed by atoms with Gasteiger partial charge in [-0.25, -0.2) is 12.7 Å². The lowest BCUT2D eigenvalue weighted by molar-refractivity contribution is -0.151. The van der Waals surface area contributed by atoms with E-state index in [-0.39, 0.29) is 0 Å². The molecule has 0 spiro atoms. The third kappa shape index (κ3) is 4.17. The number of hydrogen-bond acceptors (Lipinski definition) is 4. The van der Waals surface area contributed by atoms with Crippen LogP contribution in [0.4, 0.5) is 0 Å². The molecule has 0 radical (unpaired) electrons. The van der Waals surface area contributed by atoms with Crippen LogP contribution in [0.2, 0.25) is 0 Å². The van der Waals surface area contributed by atoms with Crippen molar-refractivity contribution in [2.24, 2.45) is 11.3 Å². The van der Waals surface area contributed by atoms with Crippen molar-refractivity contribution in [3.05, 3.63) is 0 Å². The van der Waals surface area contributed by atoms with E-state index in [1.807, 2.05) is 6.92 Å². The first kappa shape index (κ1) is 16.7. The third-order valence-electron chi connectivity index (χ3n) is 4.76. The van der Waals surface area contributed by atoms with E-state index in [0.717, 1.165) is 38.8 Å². The van der Waals surface area contributed by atoms with Crippen LogP contribution in [0.15, 0.2) is 0 Å². The molecule has 2 aliphatic heterocycles. The minimum Gasteiger partial charge on any atom is -0.481 e. The first-order valence-corrected chi connectivity index (χ1v) is 9.46. The van der Waals surface area contributed by atoms with Gasteiger partial charge in [0.25, 0.3) is 0 Å². The van der Waals surface area contributed by atoms with Crippen molar-refractivity contribution in [1.29, 1.82) is 0 Å². The van der Waals surface area contributed by atoms with Crippen molar-refractivity contribution in [2.75, 3.05) is 39.0 Å². The molecular formula is C14H26N2O4S. The molecule has 2 heterocycles. The number of rotatable bonds is 4. The van der Waals surface area contributed by atoms with E-state index in [0.29, 0.717) is 25.6 Å². The lowest BCUT2D eigenvalue weighted by atomic mass is 9.81. The monoisotopic (exact) mass is 318 g/mol. The van der Waals surface area contributed by atoms with E-state index in [4.69, 9.17) is 0 Å². The van der Waals surface area contributed by atoms with Crippen LogP contribution < -0.4 is 0 Å². The van der Waals surface area contributed by atoms with Gasteiger partial charge in [0.15, 0.2) is 0 Å². The van der Waals surface area contributed by atoms with Crippen LogP contribution in [0.5, 0.6) is 0 Å². The van der Waals surface area contributed by atoms with E-state index in [2.05, 4.69) is 4.90 Å². The molecule has 0 amide bonds. The van der Waals surface area contributed by atoms with Gasteiger partial charge >= 0.3 is 5.97 Å². The van der Waals surface area contributed by atoms with Crippen LogP contribution in [0.25, 0.3) is 0 Å². The molecule has 2 aliphatic rings. The van der Waals surface area contributed by atoms with Crippen molar-refractivity contribution >= 4 is 16.0 Å². The van der Waals surface area contributed by atoms with Gasteiger partial charge in [-0.3, -0.25) is 4.79 Å². The summed E-state index contributed by atoms with van der Waals surface area (Å²) in [5.41, 5.74) is -0.663. The summed E-state index contributed by atoms with van der Waals surface area (Å²) in [5, 5.41) is 9.36. The fraction of sp³-hybridized carbons (Fsp3) is 0.929. The van der Waals surface area contributed by atoms with Gasteiger partial charge in [-0.1, -0.05) is 0 Å². The minimum atomic E-state index is -3.12. The van der Waals surface area contributed by atoms with E-state index in [1.54, 1.807) is 4.31 Å². The topological polar surface area (TPSA) is 77.9 Å². The second-order valence-corrected chi connectivity index (χ2v) is 8.82. The molecule has 0 aromatic carbocycles. The molecule has 2 atom stereocenters. The van der Waals surface area contributed by atoms with Crippen molar-refractivity contribution in [3.8, 4) is 0 Å². The highest BCUT2D eigenvalue weighted by Crippen LogP contribution is 2.31. The fourth-order valence-corrected chi connectivity index (χ4v) is 4.46. The second-order valence-electron chi connectivity index (χ2n) is 6.83. The quantitative estimate of drug-likeness (QED) is 0.831. The number of carbonyl (C=O) groups is 1. The number of piperidine rings is 2. The summed E-state index contributed by atoms with van der Waals surface area (Å²) in [7, 11) is -3.12. The van der Waals surface area contributed by atoms with E-state index < -0.39 is 21.4 Å². The van der Waals surface area contributed by atoms with Crippen molar-refractivity contribution < 1.29 is 18.3 Å². The molecular weight excluding hydrogens is 292 g/mol. The standard InChI is InChI=1S/C14H26N2O4S/c1-14(13(17)18)6-4-7-15(11-14)9-12-5-3-8-16(10-12)21(2,19)20/h12H,3-11H2,1-2H3,(H,17,18). The third-order valence-corrected chi connectivity index (χ3v) is 6.03. The smallest absolute Gasteiger partial charge is 0.310 e. The molecule has 2 saturated heterocycles. The molecule has 0 aromatic rings. The van der Waals surface area contributed by atoms with Crippen LogP contribution >= 0.6 is 0 Å². The summed E-state index contributed by atoms with van der Waals surface area (Å²) >= 11 is 0. The predicted molar refractivity (Wildman–Crippen MR) is 80.6 cm³/mol. The van der Waals surface area contributed by atoms with Crippen LogP contribution in [0.1, 0.15) is 32.6 Å². The normalized spacial score (nSPS) is 33.0. The molecule has 0 saturated carbocycles. The zero-order valence-electron chi connectivity index (χ0n) is 12.9. The average molecular weight is 318 g/mol. The van der Waals surface area contributed by atoms with Crippen LogP contribution in [-0.2, 0) is 14.8 Å². The maximum absolute atomic E-state index is 11.7. The molecule has 0 aliphatic carbocycles. The van der Waals surface area contributed by atoms with Crippen LogP contribution in [-0.4, -0.2) is 67.7 Å². The van der Waals surface area contributed by atoms with E-state index >= 15 is 0 Å². The lowest BCUT2D eigenvalue weighted by Crippen LogP contribution is -2.49. The number of sulfonamides is 1. The molecule has 2 rings (SSSR count). The summed E-state index contributed by atoms with van der Waals surface area (Å²) in [6.45, 7) is 5.28. The van der Waals surface area contributed by atoms with Gasteiger partial charge in [-0.2, -0.15) is 0 Å². The van der Waals surface area contributed by atoms with Gasteiger partial charge in [-0.15, -0.1) is 0 Å². The highest BCUT2D eigenvalue weighted by molar-refractivity contribution is 7.88. The van der Waals surface area contributed by atoms with Crippen LogP contribution in [0, 0.1) is 11.3 Å². The average Bonchev–Trinajstić information content (AvgIpc) is 2.38. The number of likely N-dealkylation sites (tertiary alicyclic amines) is 1. The first-order chi connectivity index (χ1) is 9.71.